The molecule has 0 aromatic heterocycles. The van der Waals surface area contributed by atoms with E-state index in [0.717, 1.165) is 22.3 Å². The Kier molecular flexibility index (Phi) is 5.57. The van der Waals surface area contributed by atoms with Crippen LogP contribution in [-0.2, 0) is 15.8 Å². The Hall–Kier alpha value is -2.72. The molecule has 0 heterocycles. The molecule has 5 nitrogen and oxygen atoms in total. The summed E-state index contributed by atoms with van der Waals surface area (Å²) in [6.45, 7) is 0. The van der Waals surface area contributed by atoms with Crippen LogP contribution in [0.3, 0.4) is 0 Å². The first-order valence-electron chi connectivity index (χ1n) is 8.37. The van der Waals surface area contributed by atoms with E-state index in [9.17, 15) is 19.1 Å². The summed E-state index contributed by atoms with van der Waals surface area (Å²) in [4.78, 5) is 29.7. The minimum atomic E-state index is -4.72. The van der Waals surface area contributed by atoms with Crippen molar-refractivity contribution in [3.8, 4) is 22.3 Å². The van der Waals surface area contributed by atoms with E-state index in [1.807, 2.05) is 60.7 Å². The predicted molar refractivity (Wildman–Crippen MR) is 104 cm³/mol. The van der Waals surface area contributed by atoms with Gasteiger partial charge in [-0.2, -0.15) is 0 Å². The number of hydrogen-bond acceptors (Lipinski definition) is 2. The van der Waals surface area contributed by atoms with Gasteiger partial charge in [-0.3, -0.25) is 9.36 Å². The van der Waals surface area contributed by atoms with Crippen molar-refractivity contribution in [1.29, 1.82) is 0 Å². The molecule has 0 aliphatic carbocycles. The van der Waals surface area contributed by atoms with Crippen LogP contribution in [0.4, 0.5) is 0 Å². The first-order valence-corrected chi connectivity index (χ1v) is 10.1. The zero-order valence-corrected chi connectivity index (χ0v) is 15.3. The molecule has 3 aromatic rings. The number of hydrogen-bond donors (Lipinski definition) is 3. The molecule has 0 radical (unpaired) electrons. The van der Waals surface area contributed by atoms with Gasteiger partial charge in [-0.1, -0.05) is 78.9 Å². The van der Waals surface area contributed by atoms with Crippen LogP contribution in [0, 0.1) is 0 Å². The summed E-state index contributed by atoms with van der Waals surface area (Å²) >= 11 is 0. The fourth-order valence-corrected chi connectivity index (χ4v) is 3.67. The number of carboxylic acid groups (broad SMARTS) is 1. The average Bonchev–Trinajstić information content (AvgIpc) is 2.66. The Morgan fingerprint density at radius 3 is 1.85 bits per heavy atom. The number of benzene rings is 3. The van der Waals surface area contributed by atoms with E-state index in [4.69, 9.17) is 5.11 Å². The van der Waals surface area contributed by atoms with E-state index in [1.165, 1.54) is 0 Å². The SMILES string of the molecule is O=C(O)C(Cc1cccc(-c2ccc(-c3ccccc3)cc2)c1)P(=O)(O)O. The molecule has 3 aromatic carbocycles. The molecule has 0 aliphatic heterocycles. The molecular formula is C21H19O5P. The molecule has 0 amide bonds. The second-order valence-electron chi connectivity index (χ2n) is 6.29. The molecule has 0 fully saturated rings. The van der Waals surface area contributed by atoms with Crippen LogP contribution in [0.2, 0.25) is 0 Å². The van der Waals surface area contributed by atoms with Gasteiger partial charge in [-0.15, -0.1) is 0 Å². The number of carbonyl (C=O) groups is 1. The van der Waals surface area contributed by atoms with E-state index in [1.54, 1.807) is 18.2 Å². The van der Waals surface area contributed by atoms with Gasteiger partial charge in [0, 0.05) is 0 Å². The lowest BCUT2D eigenvalue weighted by molar-refractivity contribution is -0.136. The third-order valence-corrected chi connectivity index (χ3v) is 5.59. The van der Waals surface area contributed by atoms with Crippen LogP contribution >= 0.6 is 7.60 Å². The van der Waals surface area contributed by atoms with E-state index in [2.05, 4.69) is 0 Å². The highest BCUT2D eigenvalue weighted by Crippen LogP contribution is 2.43. The Balaban J connectivity index is 1.85. The molecule has 0 spiro atoms. The highest BCUT2D eigenvalue weighted by Gasteiger charge is 2.35. The highest BCUT2D eigenvalue weighted by molar-refractivity contribution is 7.53. The fourth-order valence-electron chi connectivity index (χ4n) is 2.94. The van der Waals surface area contributed by atoms with Crippen LogP contribution < -0.4 is 0 Å². The van der Waals surface area contributed by atoms with Crippen molar-refractivity contribution in [2.75, 3.05) is 0 Å². The van der Waals surface area contributed by atoms with Gasteiger partial charge in [0.15, 0.2) is 5.66 Å². The number of aliphatic carboxylic acids is 1. The summed E-state index contributed by atoms with van der Waals surface area (Å²) in [6, 6.07) is 25.0. The second-order valence-corrected chi connectivity index (χ2v) is 8.09. The Morgan fingerprint density at radius 1 is 0.778 bits per heavy atom. The van der Waals surface area contributed by atoms with Crippen molar-refractivity contribution in [3.63, 3.8) is 0 Å². The van der Waals surface area contributed by atoms with Crippen LogP contribution in [0.15, 0.2) is 78.9 Å². The predicted octanol–water partition coefficient (Wildman–Crippen LogP) is 4.19. The molecule has 0 saturated carbocycles. The Labute approximate surface area is 157 Å². The number of rotatable bonds is 6. The maximum atomic E-state index is 11.4. The first kappa shape index (κ1) is 19.1. The fraction of sp³-hybridized carbons (Fsp3) is 0.0952. The van der Waals surface area contributed by atoms with Crippen molar-refractivity contribution >= 4 is 13.6 Å². The van der Waals surface area contributed by atoms with Crippen molar-refractivity contribution in [3.05, 3.63) is 84.4 Å². The molecule has 1 atom stereocenters. The molecule has 6 heteroatoms. The average molecular weight is 382 g/mol. The topological polar surface area (TPSA) is 94.8 Å². The summed E-state index contributed by atoms with van der Waals surface area (Å²) < 4.78 is 11.4. The summed E-state index contributed by atoms with van der Waals surface area (Å²) in [6.07, 6.45) is -0.227. The Morgan fingerprint density at radius 2 is 1.30 bits per heavy atom. The van der Waals surface area contributed by atoms with Crippen LogP contribution in [0.1, 0.15) is 5.56 Å². The van der Waals surface area contributed by atoms with Gasteiger partial charge in [-0.25, -0.2) is 0 Å². The molecule has 3 rings (SSSR count). The lowest BCUT2D eigenvalue weighted by Crippen LogP contribution is -2.23. The van der Waals surface area contributed by atoms with Gasteiger partial charge in [0.25, 0.3) is 0 Å². The zero-order valence-electron chi connectivity index (χ0n) is 14.4. The first-order chi connectivity index (χ1) is 12.8. The molecule has 3 N–H and O–H groups in total. The quantitative estimate of drug-likeness (QED) is 0.556. The Bertz CT molecular complexity index is 977. The van der Waals surface area contributed by atoms with Crippen molar-refractivity contribution < 1.29 is 24.3 Å². The number of carboxylic acids is 1. The van der Waals surface area contributed by atoms with Gasteiger partial charge < -0.3 is 14.9 Å². The van der Waals surface area contributed by atoms with Crippen molar-refractivity contribution in [2.24, 2.45) is 0 Å². The smallest absolute Gasteiger partial charge is 0.340 e. The lowest BCUT2D eigenvalue weighted by atomic mass is 9.98. The minimum Gasteiger partial charge on any atom is -0.481 e. The summed E-state index contributed by atoms with van der Waals surface area (Å²) in [5, 5.41) is 9.10. The maximum Gasteiger partial charge on any atom is 0.340 e. The van der Waals surface area contributed by atoms with Gasteiger partial charge in [-0.05, 0) is 34.2 Å². The third-order valence-electron chi connectivity index (χ3n) is 4.37. The van der Waals surface area contributed by atoms with E-state index in [0.29, 0.717) is 5.56 Å². The molecule has 27 heavy (non-hydrogen) atoms. The summed E-state index contributed by atoms with van der Waals surface area (Å²) in [5.74, 6) is -1.50. The van der Waals surface area contributed by atoms with E-state index >= 15 is 0 Å². The molecule has 1 unspecified atom stereocenters. The van der Waals surface area contributed by atoms with Crippen LogP contribution in [0.5, 0.6) is 0 Å². The van der Waals surface area contributed by atoms with Gasteiger partial charge in [0.1, 0.15) is 0 Å². The standard InChI is InChI=1S/C21H19O5P/c22-21(23)20(27(24,25)26)14-15-5-4-8-19(13-15)18-11-9-17(10-12-18)16-6-2-1-3-7-16/h1-13,20H,14H2,(H,22,23)(H2,24,25,26). The van der Waals surface area contributed by atoms with Gasteiger partial charge >= 0.3 is 13.6 Å². The maximum absolute atomic E-state index is 11.4. The zero-order chi connectivity index (χ0) is 19.4. The monoisotopic (exact) mass is 382 g/mol. The minimum absolute atomic E-state index is 0.227. The molecule has 138 valence electrons. The normalized spacial score (nSPS) is 12.5. The largest absolute Gasteiger partial charge is 0.481 e. The molecular weight excluding hydrogens is 363 g/mol. The van der Waals surface area contributed by atoms with Gasteiger partial charge in [0.05, 0.1) is 0 Å². The van der Waals surface area contributed by atoms with Crippen LogP contribution in [0.25, 0.3) is 22.3 Å². The van der Waals surface area contributed by atoms with Crippen molar-refractivity contribution in [2.45, 2.75) is 12.1 Å². The van der Waals surface area contributed by atoms with Crippen molar-refractivity contribution in [1.82, 2.24) is 0 Å². The molecule has 0 saturated heterocycles. The van der Waals surface area contributed by atoms with Gasteiger partial charge in [0.2, 0.25) is 0 Å². The summed E-state index contributed by atoms with van der Waals surface area (Å²) in [5.41, 5.74) is 2.83. The molecule has 0 bridgehead atoms. The van der Waals surface area contributed by atoms with Crippen LogP contribution in [-0.4, -0.2) is 26.5 Å². The lowest BCUT2D eigenvalue weighted by Gasteiger charge is -2.14. The van der Waals surface area contributed by atoms with E-state index in [-0.39, 0.29) is 6.42 Å². The third kappa shape index (κ3) is 4.72. The molecule has 0 aliphatic rings. The van der Waals surface area contributed by atoms with E-state index < -0.39 is 19.2 Å². The second kappa shape index (κ2) is 7.89. The highest BCUT2D eigenvalue weighted by atomic mass is 31.2. The summed E-state index contributed by atoms with van der Waals surface area (Å²) in [7, 11) is -4.72.